The highest BCUT2D eigenvalue weighted by atomic mass is 79.9. The highest BCUT2D eigenvalue weighted by Crippen LogP contribution is 2.20. The van der Waals surface area contributed by atoms with Crippen LogP contribution in [0.3, 0.4) is 0 Å². The Balaban J connectivity index is 2.61. The molecule has 0 radical (unpaired) electrons. The van der Waals surface area contributed by atoms with Gasteiger partial charge in [0.1, 0.15) is 0 Å². The van der Waals surface area contributed by atoms with E-state index in [9.17, 15) is 4.79 Å². The molecule has 3 nitrogen and oxygen atoms in total. The first-order valence-electron chi connectivity index (χ1n) is 4.64. The van der Waals surface area contributed by atoms with Gasteiger partial charge in [-0.3, -0.25) is 4.79 Å². The van der Waals surface area contributed by atoms with Gasteiger partial charge in [0.05, 0.1) is 10.7 Å². The number of hydrogen-bond acceptors (Lipinski definition) is 3. The van der Waals surface area contributed by atoms with Gasteiger partial charge in [0.2, 0.25) is 5.78 Å². The zero-order chi connectivity index (χ0) is 10.6. The molecule has 0 aliphatic heterocycles. The third-order valence-corrected chi connectivity index (χ3v) is 2.61. The van der Waals surface area contributed by atoms with E-state index in [4.69, 9.17) is 4.42 Å². The average Bonchev–Trinajstić information content (AvgIpc) is 2.59. The summed E-state index contributed by atoms with van der Waals surface area (Å²) in [4.78, 5) is 11.8. The zero-order valence-electron chi connectivity index (χ0n) is 8.34. The van der Waals surface area contributed by atoms with Crippen LogP contribution in [-0.2, 0) is 0 Å². The molecule has 1 rings (SSSR count). The Morgan fingerprint density at radius 1 is 1.71 bits per heavy atom. The van der Waals surface area contributed by atoms with Gasteiger partial charge in [-0.25, -0.2) is 0 Å². The van der Waals surface area contributed by atoms with Crippen LogP contribution in [0.4, 0.5) is 0 Å². The minimum absolute atomic E-state index is 0.0304. The van der Waals surface area contributed by atoms with Crippen molar-refractivity contribution >= 4 is 21.7 Å². The van der Waals surface area contributed by atoms with Crippen molar-refractivity contribution in [2.45, 2.75) is 13.8 Å². The number of furan rings is 1. The van der Waals surface area contributed by atoms with Gasteiger partial charge in [-0.1, -0.05) is 13.8 Å². The van der Waals surface area contributed by atoms with Crippen LogP contribution in [0.1, 0.15) is 24.4 Å². The van der Waals surface area contributed by atoms with Crippen LogP contribution >= 0.6 is 15.9 Å². The quantitative estimate of drug-likeness (QED) is 0.827. The lowest BCUT2D eigenvalue weighted by molar-refractivity contribution is 0.0900. The van der Waals surface area contributed by atoms with Crippen molar-refractivity contribution in [3.05, 3.63) is 22.6 Å². The molecule has 0 amide bonds. The van der Waals surface area contributed by atoms with Gasteiger partial charge in [-0.2, -0.15) is 0 Å². The number of carbonyl (C=O) groups excluding carboxylic acids is 1. The topological polar surface area (TPSA) is 42.2 Å². The van der Waals surface area contributed by atoms with Crippen molar-refractivity contribution in [2.75, 3.05) is 13.1 Å². The summed E-state index contributed by atoms with van der Waals surface area (Å²) in [5.41, 5.74) is 0. The molecular weight excluding hydrogens is 246 g/mol. The normalized spacial score (nSPS) is 12.8. The summed E-state index contributed by atoms with van der Waals surface area (Å²) < 4.78 is 5.83. The van der Waals surface area contributed by atoms with Gasteiger partial charge in [-0.05, 0) is 28.5 Å². The van der Waals surface area contributed by atoms with Gasteiger partial charge in [-0.15, -0.1) is 0 Å². The summed E-state index contributed by atoms with van der Waals surface area (Å²) in [6, 6.07) is 1.73. The average molecular weight is 260 g/mol. The molecule has 14 heavy (non-hydrogen) atoms. The monoisotopic (exact) mass is 259 g/mol. The number of hydrogen-bond donors (Lipinski definition) is 1. The second-order valence-corrected chi connectivity index (χ2v) is 4.02. The van der Waals surface area contributed by atoms with Gasteiger partial charge < -0.3 is 9.73 Å². The molecule has 1 unspecified atom stereocenters. The molecule has 1 aromatic heterocycles. The molecule has 1 N–H and O–H groups in total. The molecule has 0 spiro atoms. The lowest BCUT2D eigenvalue weighted by atomic mass is 10.1. The second-order valence-electron chi connectivity index (χ2n) is 3.17. The van der Waals surface area contributed by atoms with Gasteiger partial charge in [0.25, 0.3) is 0 Å². The van der Waals surface area contributed by atoms with E-state index < -0.39 is 0 Å². The Labute approximate surface area is 92.0 Å². The molecule has 0 aliphatic carbocycles. The third-order valence-electron chi connectivity index (χ3n) is 1.99. The molecule has 4 heteroatoms. The molecule has 1 aromatic rings. The minimum Gasteiger partial charge on any atom is -0.460 e. The minimum atomic E-state index is -0.0580. The lowest BCUT2D eigenvalue weighted by Crippen LogP contribution is -2.26. The van der Waals surface area contributed by atoms with Crippen LogP contribution in [0, 0.1) is 5.92 Å². The molecule has 1 atom stereocenters. The van der Waals surface area contributed by atoms with Gasteiger partial charge >= 0.3 is 0 Å². The van der Waals surface area contributed by atoms with Crippen LogP contribution in [0.25, 0.3) is 0 Å². The molecule has 1 heterocycles. The SMILES string of the molecule is CCNCC(C)C(=O)c1occc1Br. The summed E-state index contributed by atoms with van der Waals surface area (Å²) >= 11 is 3.27. The largest absolute Gasteiger partial charge is 0.460 e. The van der Waals surface area contributed by atoms with Gasteiger partial charge in [0.15, 0.2) is 5.76 Å². The number of ketones is 1. The summed E-state index contributed by atoms with van der Waals surface area (Å²) in [5, 5.41) is 3.13. The van der Waals surface area contributed by atoms with Crippen molar-refractivity contribution in [3.8, 4) is 0 Å². The Hall–Kier alpha value is -0.610. The maximum Gasteiger partial charge on any atom is 0.203 e. The highest BCUT2D eigenvalue weighted by Gasteiger charge is 2.19. The number of halogens is 1. The highest BCUT2D eigenvalue weighted by molar-refractivity contribution is 9.10. The molecule has 0 bridgehead atoms. The Morgan fingerprint density at radius 3 is 2.93 bits per heavy atom. The van der Waals surface area contributed by atoms with E-state index in [1.165, 1.54) is 6.26 Å². The van der Waals surface area contributed by atoms with E-state index in [-0.39, 0.29) is 11.7 Å². The molecule has 0 saturated heterocycles. The maximum absolute atomic E-state index is 11.8. The fourth-order valence-corrected chi connectivity index (χ4v) is 1.54. The number of nitrogens with one attached hydrogen (secondary N) is 1. The van der Waals surface area contributed by atoms with Crippen molar-refractivity contribution in [1.82, 2.24) is 5.32 Å². The smallest absolute Gasteiger partial charge is 0.203 e. The van der Waals surface area contributed by atoms with E-state index >= 15 is 0 Å². The Bertz CT molecular complexity index is 309. The van der Waals surface area contributed by atoms with E-state index in [2.05, 4.69) is 21.2 Å². The van der Waals surface area contributed by atoms with Crippen LogP contribution < -0.4 is 5.32 Å². The molecule has 0 saturated carbocycles. The standard InChI is InChI=1S/C10H14BrNO2/c1-3-12-6-7(2)9(13)10-8(11)4-5-14-10/h4-5,7,12H,3,6H2,1-2H3. The summed E-state index contributed by atoms with van der Waals surface area (Å²) in [6.45, 7) is 5.46. The predicted octanol–water partition coefficient (Wildman–Crippen LogP) is 2.47. The molecule has 78 valence electrons. The van der Waals surface area contributed by atoms with Crippen LogP contribution in [-0.4, -0.2) is 18.9 Å². The third kappa shape index (κ3) is 2.69. The van der Waals surface area contributed by atoms with Crippen molar-refractivity contribution in [3.63, 3.8) is 0 Å². The summed E-state index contributed by atoms with van der Waals surface area (Å²) in [5.74, 6) is 0.385. The first kappa shape index (κ1) is 11.5. The maximum atomic E-state index is 11.8. The first-order chi connectivity index (χ1) is 6.66. The summed E-state index contributed by atoms with van der Waals surface area (Å²) in [6.07, 6.45) is 1.51. The summed E-state index contributed by atoms with van der Waals surface area (Å²) in [7, 11) is 0. The van der Waals surface area contributed by atoms with Crippen LogP contribution in [0.5, 0.6) is 0 Å². The predicted molar refractivity (Wildman–Crippen MR) is 58.4 cm³/mol. The fourth-order valence-electron chi connectivity index (χ4n) is 1.15. The van der Waals surface area contributed by atoms with E-state index in [0.717, 1.165) is 11.0 Å². The zero-order valence-corrected chi connectivity index (χ0v) is 9.93. The van der Waals surface area contributed by atoms with E-state index in [1.54, 1.807) is 6.07 Å². The fraction of sp³-hybridized carbons (Fsp3) is 0.500. The second kappa shape index (κ2) is 5.32. The van der Waals surface area contributed by atoms with E-state index in [1.807, 2.05) is 13.8 Å². The molecule has 0 aliphatic rings. The van der Waals surface area contributed by atoms with E-state index in [0.29, 0.717) is 12.3 Å². The van der Waals surface area contributed by atoms with Crippen LogP contribution in [0.2, 0.25) is 0 Å². The molecule has 0 fully saturated rings. The molecule has 0 aromatic carbocycles. The molecular formula is C10H14BrNO2. The number of rotatable bonds is 5. The van der Waals surface area contributed by atoms with Crippen molar-refractivity contribution in [2.24, 2.45) is 5.92 Å². The number of carbonyl (C=O) groups is 1. The Morgan fingerprint density at radius 2 is 2.43 bits per heavy atom. The van der Waals surface area contributed by atoms with Gasteiger partial charge in [0, 0.05) is 12.5 Å². The number of Topliss-reactive ketones (excluding diaryl/α,β-unsaturated/α-hetero) is 1. The Kier molecular flexibility index (Phi) is 4.35. The van der Waals surface area contributed by atoms with Crippen molar-refractivity contribution in [1.29, 1.82) is 0 Å². The lowest BCUT2D eigenvalue weighted by Gasteiger charge is -2.08. The first-order valence-corrected chi connectivity index (χ1v) is 5.44. The van der Waals surface area contributed by atoms with Crippen molar-refractivity contribution < 1.29 is 9.21 Å². The van der Waals surface area contributed by atoms with Crippen LogP contribution in [0.15, 0.2) is 21.2 Å².